The van der Waals surface area contributed by atoms with E-state index in [1.165, 1.54) is 24.3 Å². The molecule has 0 saturated heterocycles. The summed E-state index contributed by atoms with van der Waals surface area (Å²) in [6.45, 7) is 1.89. The van der Waals surface area contributed by atoms with Crippen molar-refractivity contribution >= 4 is 0 Å². The molecule has 0 aliphatic heterocycles. The largest absolute Gasteiger partial charge is 0.573 e. The van der Waals surface area contributed by atoms with Gasteiger partial charge >= 0.3 is 6.36 Å². The summed E-state index contributed by atoms with van der Waals surface area (Å²) in [5.41, 5.74) is 0.943. The number of para-hydroxylation sites is 1. The van der Waals surface area contributed by atoms with Gasteiger partial charge in [0.1, 0.15) is 17.2 Å². The molecule has 0 aromatic heterocycles. The Morgan fingerprint density at radius 3 is 2.00 bits per heavy atom. The van der Waals surface area contributed by atoms with Crippen LogP contribution >= 0.6 is 0 Å². The predicted molar refractivity (Wildman–Crippen MR) is 64.4 cm³/mol. The number of ether oxygens (including phenoxy) is 2. The molecule has 2 nitrogen and oxygen atoms in total. The van der Waals surface area contributed by atoms with Gasteiger partial charge in [-0.25, -0.2) is 0 Å². The highest BCUT2D eigenvalue weighted by Crippen LogP contribution is 2.28. The summed E-state index contributed by atoms with van der Waals surface area (Å²) in [4.78, 5) is 0. The van der Waals surface area contributed by atoms with Crippen LogP contribution in [-0.2, 0) is 0 Å². The van der Waals surface area contributed by atoms with Crippen LogP contribution in [0.2, 0.25) is 0 Å². The van der Waals surface area contributed by atoms with Gasteiger partial charge in [-0.15, -0.1) is 13.2 Å². The van der Waals surface area contributed by atoms with Gasteiger partial charge in [-0.2, -0.15) is 0 Å². The molecule has 2 rings (SSSR count). The molecule has 0 aliphatic carbocycles. The fourth-order valence-electron chi connectivity index (χ4n) is 1.51. The van der Waals surface area contributed by atoms with Crippen molar-refractivity contribution in [3.63, 3.8) is 0 Å². The Morgan fingerprint density at radius 1 is 0.842 bits per heavy atom. The molecule has 0 amide bonds. The number of hydrogen-bond donors (Lipinski definition) is 0. The van der Waals surface area contributed by atoms with E-state index in [9.17, 15) is 13.2 Å². The van der Waals surface area contributed by atoms with Crippen molar-refractivity contribution in [1.82, 2.24) is 0 Å². The standard InChI is InChI=1S/C14H11F3O2/c1-10-4-2-3-5-13(10)18-11-6-8-12(9-7-11)19-14(15,16)17/h2-9H,1H3. The summed E-state index contributed by atoms with van der Waals surface area (Å²) >= 11 is 0. The molecule has 5 heteroatoms. The SMILES string of the molecule is Cc1ccccc1Oc1ccc(OC(F)(F)F)cc1. The fraction of sp³-hybridized carbons (Fsp3) is 0.143. The van der Waals surface area contributed by atoms with Crippen molar-refractivity contribution in [3.8, 4) is 17.2 Å². The molecule has 0 radical (unpaired) electrons. The summed E-state index contributed by atoms with van der Waals surface area (Å²) < 4.78 is 45.3. The summed E-state index contributed by atoms with van der Waals surface area (Å²) in [5, 5.41) is 0. The number of aryl methyl sites for hydroxylation is 1. The molecular formula is C14H11F3O2. The van der Waals surface area contributed by atoms with Crippen LogP contribution in [0.25, 0.3) is 0 Å². The third kappa shape index (κ3) is 3.91. The van der Waals surface area contributed by atoms with Crippen LogP contribution in [0.1, 0.15) is 5.56 Å². The monoisotopic (exact) mass is 268 g/mol. The number of benzene rings is 2. The van der Waals surface area contributed by atoms with Crippen molar-refractivity contribution in [2.45, 2.75) is 13.3 Å². The Hall–Kier alpha value is -2.17. The maximum absolute atomic E-state index is 12.0. The van der Waals surface area contributed by atoms with E-state index >= 15 is 0 Å². The van der Waals surface area contributed by atoms with Gasteiger partial charge in [0, 0.05) is 0 Å². The van der Waals surface area contributed by atoms with Crippen LogP contribution < -0.4 is 9.47 Å². The van der Waals surface area contributed by atoms with Crippen LogP contribution in [-0.4, -0.2) is 6.36 Å². The molecule has 0 spiro atoms. The summed E-state index contributed by atoms with van der Waals surface area (Å²) in [5.74, 6) is 0.834. The molecule has 2 aromatic carbocycles. The normalized spacial score (nSPS) is 11.2. The summed E-state index contributed by atoms with van der Waals surface area (Å²) in [6.07, 6.45) is -4.68. The minimum atomic E-state index is -4.68. The Balaban J connectivity index is 2.09. The van der Waals surface area contributed by atoms with E-state index in [1.807, 2.05) is 25.1 Å². The zero-order chi connectivity index (χ0) is 13.9. The molecular weight excluding hydrogens is 257 g/mol. The van der Waals surface area contributed by atoms with Gasteiger partial charge in [0.2, 0.25) is 0 Å². The van der Waals surface area contributed by atoms with E-state index in [4.69, 9.17) is 4.74 Å². The molecule has 0 atom stereocenters. The molecule has 0 fully saturated rings. The highest BCUT2D eigenvalue weighted by atomic mass is 19.4. The van der Waals surface area contributed by atoms with E-state index in [0.717, 1.165) is 5.56 Å². The maximum Gasteiger partial charge on any atom is 0.573 e. The number of hydrogen-bond acceptors (Lipinski definition) is 2. The average molecular weight is 268 g/mol. The van der Waals surface area contributed by atoms with Crippen molar-refractivity contribution < 1.29 is 22.6 Å². The van der Waals surface area contributed by atoms with E-state index in [2.05, 4.69) is 4.74 Å². The third-order valence-electron chi connectivity index (χ3n) is 2.38. The van der Waals surface area contributed by atoms with Crippen molar-refractivity contribution in [3.05, 3.63) is 54.1 Å². The fourth-order valence-corrected chi connectivity index (χ4v) is 1.51. The van der Waals surface area contributed by atoms with Crippen LogP contribution in [0.15, 0.2) is 48.5 Å². The highest BCUT2D eigenvalue weighted by Gasteiger charge is 2.30. The molecule has 0 aliphatic rings. The molecule has 0 saturated carbocycles. The van der Waals surface area contributed by atoms with Gasteiger partial charge in [0.05, 0.1) is 0 Å². The number of halogens is 3. The van der Waals surface area contributed by atoms with Gasteiger partial charge in [0.25, 0.3) is 0 Å². The first kappa shape index (κ1) is 13.3. The predicted octanol–water partition coefficient (Wildman–Crippen LogP) is 4.69. The highest BCUT2D eigenvalue weighted by molar-refractivity contribution is 5.38. The first-order chi connectivity index (χ1) is 8.94. The molecule has 19 heavy (non-hydrogen) atoms. The molecule has 0 bridgehead atoms. The summed E-state index contributed by atoms with van der Waals surface area (Å²) in [6, 6.07) is 12.6. The third-order valence-corrected chi connectivity index (χ3v) is 2.38. The lowest BCUT2D eigenvalue weighted by molar-refractivity contribution is -0.274. The van der Waals surface area contributed by atoms with Gasteiger partial charge < -0.3 is 9.47 Å². The zero-order valence-corrected chi connectivity index (χ0v) is 10.1. The minimum Gasteiger partial charge on any atom is -0.457 e. The number of alkyl halides is 3. The summed E-state index contributed by atoms with van der Waals surface area (Å²) in [7, 11) is 0. The lowest BCUT2D eigenvalue weighted by atomic mass is 10.2. The Kier molecular flexibility index (Phi) is 3.64. The van der Waals surface area contributed by atoms with Crippen LogP contribution in [0, 0.1) is 6.92 Å². The zero-order valence-electron chi connectivity index (χ0n) is 10.1. The second-order valence-corrected chi connectivity index (χ2v) is 3.89. The Morgan fingerprint density at radius 2 is 1.42 bits per heavy atom. The van der Waals surface area contributed by atoms with Crippen LogP contribution in [0.3, 0.4) is 0 Å². The Bertz CT molecular complexity index is 547. The molecule has 100 valence electrons. The molecule has 0 N–H and O–H groups in total. The smallest absolute Gasteiger partial charge is 0.457 e. The topological polar surface area (TPSA) is 18.5 Å². The van der Waals surface area contributed by atoms with Crippen molar-refractivity contribution in [1.29, 1.82) is 0 Å². The first-order valence-electron chi connectivity index (χ1n) is 5.53. The van der Waals surface area contributed by atoms with E-state index in [1.54, 1.807) is 6.07 Å². The molecule has 0 unspecified atom stereocenters. The van der Waals surface area contributed by atoms with Gasteiger partial charge in [-0.3, -0.25) is 0 Å². The molecule has 0 heterocycles. The lowest BCUT2D eigenvalue weighted by Gasteiger charge is -2.11. The quantitative estimate of drug-likeness (QED) is 0.804. The minimum absolute atomic E-state index is 0.273. The lowest BCUT2D eigenvalue weighted by Crippen LogP contribution is -2.16. The molecule has 2 aromatic rings. The van der Waals surface area contributed by atoms with E-state index in [-0.39, 0.29) is 5.75 Å². The maximum atomic E-state index is 12.0. The van der Waals surface area contributed by atoms with Crippen LogP contribution in [0.4, 0.5) is 13.2 Å². The van der Waals surface area contributed by atoms with Gasteiger partial charge in [-0.05, 0) is 42.8 Å². The van der Waals surface area contributed by atoms with Gasteiger partial charge in [-0.1, -0.05) is 18.2 Å². The average Bonchev–Trinajstić information content (AvgIpc) is 2.33. The van der Waals surface area contributed by atoms with E-state index < -0.39 is 6.36 Å². The second kappa shape index (κ2) is 5.22. The number of rotatable bonds is 3. The van der Waals surface area contributed by atoms with E-state index in [0.29, 0.717) is 11.5 Å². The Labute approximate surface area is 108 Å². The van der Waals surface area contributed by atoms with Crippen molar-refractivity contribution in [2.24, 2.45) is 0 Å². The second-order valence-electron chi connectivity index (χ2n) is 3.89. The van der Waals surface area contributed by atoms with Crippen molar-refractivity contribution in [2.75, 3.05) is 0 Å². The van der Waals surface area contributed by atoms with Gasteiger partial charge in [0.15, 0.2) is 0 Å². The first-order valence-corrected chi connectivity index (χ1v) is 5.53. The van der Waals surface area contributed by atoms with Crippen LogP contribution in [0.5, 0.6) is 17.2 Å².